The second-order valence-electron chi connectivity index (χ2n) is 4.10. The molecule has 1 amide bonds. The minimum Gasteiger partial charge on any atom is -0.349 e. The molecule has 0 bridgehead atoms. The Morgan fingerprint density at radius 1 is 1.50 bits per heavy atom. The maximum Gasteiger partial charge on any atom is 0.251 e. The smallest absolute Gasteiger partial charge is 0.251 e. The van der Waals surface area contributed by atoms with Crippen molar-refractivity contribution in [1.82, 2.24) is 5.32 Å². The average molecular weight is 338 g/mol. The molecular formula is C11H13BrFNO3S. The van der Waals surface area contributed by atoms with E-state index in [0.29, 0.717) is 0 Å². The van der Waals surface area contributed by atoms with Crippen molar-refractivity contribution in [1.29, 1.82) is 0 Å². The molecule has 0 aliphatic heterocycles. The third-order valence-electron chi connectivity index (χ3n) is 2.11. The number of carbonyl (C=O) groups excluding carboxylic acids is 1. The lowest BCUT2D eigenvalue weighted by molar-refractivity contribution is 0.0943. The summed E-state index contributed by atoms with van der Waals surface area (Å²) in [7, 11) is -3.16. The Morgan fingerprint density at radius 3 is 2.61 bits per heavy atom. The van der Waals surface area contributed by atoms with E-state index in [-0.39, 0.29) is 15.8 Å². The maximum atomic E-state index is 13.2. The summed E-state index contributed by atoms with van der Waals surface area (Å²) in [4.78, 5) is 11.7. The highest BCUT2D eigenvalue weighted by Gasteiger charge is 2.15. The van der Waals surface area contributed by atoms with Gasteiger partial charge >= 0.3 is 0 Å². The minimum atomic E-state index is -3.16. The highest BCUT2D eigenvalue weighted by Crippen LogP contribution is 2.16. The molecule has 0 radical (unpaired) electrons. The summed E-state index contributed by atoms with van der Waals surface area (Å²) >= 11 is 2.98. The standard InChI is InChI=1S/C11H13BrFNO3S/c1-7(6-18(2,16)17)14-11(15)8-3-4-9(12)10(13)5-8/h3-5,7H,6H2,1-2H3,(H,14,15). The second kappa shape index (κ2) is 5.79. The number of benzene rings is 1. The van der Waals surface area contributed by atoms with E-state index in [1.165, 1.54) is 12.1 Å². The number of sulfone groups is 1. The molecule has 0 fully saturated rings. The van der Waals surface area contributed by atoms with E-state index in [1.807, 2.05) is 0 Å². The molecule has 0 saturated heterocycles. The van der Waals surface area contributed by atoms with Crippen LogP contribution in [0.15, 0.2) is 22.7 Å². The van der Waals surface area contributed by atoms with Crippen LogP contribution in [0.25, 0.3) is 0 Å². The second-order valence-corrected chi connectivity index (χ2v) is 7.13. The van der Waals surface area contributed by atoms with Crippen LogP contribution in [0, 0.1) is 5.82 Å². The first-order valence-corrected chi connectivity index (χ1v) is 7.98. The zero-order valence-corrected chi connectivity index (χ0v) is 12.3. The molecule has 1 rings (SSSR count). The van der Waals surface area contributed by atoms with Crippen LogP contribution in [0.5, 0.6) is 0 Å². The van der Waals surface area contributed by atoms with Crippen LogP contribution in [-0.4, -0.2) is 32.4 Å². The van der Waals surface area contributed by atoms with Gasteiger partial charge in [-0.15, -0.1) is 0 Å². The van der Waals surface area contributed by atoms with Crippen LogP contribution in [0.4, 0.5) is 4.39 Å². The largest absolute Gasteiger partial charge is 0.349 e. The van der Waals surface area contributed by atoms with Crippen molar-refractivity contribution in [3.05, 3.63) is 34.1 Å². The maximum absolute atomic E-state index is 13.2. The van der Waals surface area contributed by atoms with Crippen LogP contribution < -0.4 is 5.32 Å². The molecule has 0 heterocycles. The Morgan fingerprint density at radius 2 is 2.11 bits per heavy atom. The minimum absolute atomic E-state index is 0.149. The zero-order valence-electron chi connectivity index (χ0n) is 9.91. The molecule has 0 aliphatic rings. The molecule has 100 valence electrons. The molecule has 7 heteroatoms. The van der Waals surface area contributed by atoms with Gasteiger partial charge in [-0.05, 0) is 41.1 Å². The fourth-order valence-corrected chi connectivity index (χ4v) is 2.68. The van der Waals surface area contributed by atoms with E-state index >= 15 is 0 Å². The van der Waals surface area contributed by atoms with Crippen LogP contribution in [0.3, 0.4) is 0 Å². The molecule has 1 unspecified atom stereocenters. The Bertz CT molecular complexity index is 559. The fourth-order valence-electron chi connectivity index (χ4n) is 1.44. The van der Waals surface area contributed by atoms with E-state index < -0.39 is 27.6 Å². The molecule has 0 aromatic heterocycles. The Labute approximate surface area is 114 Å². The van der Waals surface area contributed by atoms with Gasteiger partial charge in [0.25, 0.3) is 5.91 Å². The van der Waals surface area contributed by atoms with E-state index in [1.54, 1.807) is 6.92 Å². The van der Waals surface area contributed by atoms with Gasteiger partial charge in [0.15, 0.2) is 0 Å². The molecule has 18 heavy (non-hydrogen) atoms. The summed E-state index contributed by atoms with van der Waals surface area (Å²) in [6.45, 7) is 1.58. The fraction of sp³-hybridized carbons (Fsp3) is 0.364. The van der Waals surface area contributed by atoms with Crippen molar-refractivity contribution >= 4 is 31.7 Å². The Kier molecular flexibility index (Phi) is 4.86. The monoisotopic (exact) mass is 337 g/mol. The van der Waals surface area contributed by atoms with Crippen LogP contribution in [0.2, 0.25) is 0 Å². The molecule has 4 nitrogen and oxygen atoms in total. The molecule has 1 aromatic rings. The van der Waals surface area contributed by atoms with E-state index in [0.717, 1.165) is 12.3 Å². The van der Waals surface area contributed by atoms with Crippen molar-refractivity contribution in [2.24, 2.45) is 0 Å². The van der Waals surface area contributed by atoms with E-state index in [9.17, 15) is 17.6 Å². The third kappa shape index (κ3) is 4.73. The number of halogens is 2. The molecule has 0 saturated carbocycles. The van der Waals surface area contributed by atoms with Gasteiger partial charge in [0.05, 0.1) is 10.2 Å². The van der Waals surface area contributed by atoms with Gasteiger partial charge < -0.3 is 5.32 Å². The summed E-state index contributed by atoms with van der Waals surface area (Å²) in [5, 5.41) is 2.50. The normalized spacial score (nSPS) is 13.1. The summed E-state index contributed by atoms with van der Waals surface area (Å²) in [5.41, 5.74) is 0.149. The van der Waals surface area contributed by atoms with Gasteiger partial charge in [-0.3, -0.25) is 4.79 Å². The molecule has 1 aromatic carbocycles. The van der Waals surface area contributed by atoms with Crippen molar-refractivity contribution in [2.45, 2.75) is 13.0 Å². The molecular weight excluding hydrogens is 325 g/mol. The highest BCUT2D eigenvalue weighted by molar-refractivity contribution is 9.10. The number of hydrogen-bond acceptors (Lipinski definition) is 3. The lowest BCUT2D eigenvalue weighted by Crippen LogP contribution is -2.37. The Hall–Kier alpha value is -0.950. The molecule has 1 N–H and O–H groups in total. The SMILES string of the molecule is CC(CS(C)(=O)=O)NC(=O)c1ccc(Br)c(F)c1. The first-order valence-electron chi connectivity index (χ1n) is 5.12. The van der Waals surface area contributed by atoms with Crippen molar-refractivity contribution in [2.75, 3.05) is 12.0 Å². The van der Waals surface area contributed by atoms with E-state index in [4.69, 9.17) is 0 Å². The summed E-state index contributed by atoms with van der Waals surface area (Å²) in [6, 6.07) is 3.44. The van der Waals surface area contributed by atoms with Crippen molar-refractivity contribution < 1.29 is 17.6 Å². The van der Waals surface area contributed by atoms with Gasteiger partial charge in [0.1, 0.15) is 15.7 Å². The predicted octanol–water partition coefficient (Wildman–Crippen LogP) is 1.75. The number of hydrogen-bond donors (Lipinski definition) is 1. The predicted molar refractivity (Wildman–Crippen MR) is 70.7 cm³/mol. The van der Waals surface area contributed by atoms with Gasteiger partial charge in [-0.25, -0.2) is 12.8 Å². The van der Waals surface area contributed by atoms with Gasteiger partial charge in [-0.1, -0.05) is 0 Å². The lowest BCUT2D eigenvalue weighted by Gasteiger charge is -2.12. The highest BCUT2D eigenvalue weighted by atomic mass is 79.9. The van der Waals surface area contributed by atoms with Crippen molar-refractivity contribution in [3.8, 4) is 0 Å². The van der Waals surface area contributed by atoms with Crippen molar-refractivity contribution in [3.63, 3.8) is 0 Å². The first kappa shape index (κ1) is 15.1. The van der Waals surface area contributed by atoms with Gasteiger partial charge in [0.2, 0.25) is 0 Å². The molecule has 0 aliphatic carbocycles. The van der Waals surface area contributed by atoms with Gasteiger partial charge in [0, 0.05) is 17.9 Å². The topological polar surface area (TPSA) is 63.2 Å². The number of amides is 1. The zero-order chi connectivity index (χ0) is 13.9. The number of rotatable bonds is 4. The summed E-state index contributed by atoms with van der Waals surface area (Å²) in [6.07, 6.45) is 1.09. The lowest BCUT2D eigenvalue weighted by atomic mass is 10.2. The first-order chi connectivity index (χ1) is 8.19. The third-order valence-corrected chi connectivity index (χ3v) is 3.86. The number of nitrogens with one attached hydrogen (secondary N) is 1. The van der Waals surface area contributed by atoms with Crippen LogP contribution >= 0.6 is 15.9 Å². The Balaban J connectivity index is 2.73. The van der Waals surface area contributed by atoms with Gasteiger partial charge in [-0.2, -0.15) is 0 Å². The number of carbonyl (C=O) groups is 1. The summed E-state index contributed by atoms with van der Waals surface area (Å²) in [5.74, 6) is -1.20. The average Bonchev–Trinajstić information content (AvgIpc) is 2.18. The molecule has 0 spiro atoms. The molecule has 1 atom stereocenters. The van der Waals surface area contributed by atoms with Crippen LogP contribution in [-0.2, 0) is 9.84 Å². The van der Waals surface area contributed by atoms with Crippen LogP contribution in [0.1, 0.15) is 17.3 Å². The van der Waals surface area contributed by atoms with E-state index in [2.05, 4.69) is 21.2 Å². The quantitative estimate of drug-likeness (QED) is 0.910. The summed E-state index contributed by atoms with van der Waals surface area (Å²) < 4.78 is 35.6.